The zero-order valence-electron chi connectivity index (χ0n) is 10.2. The Labute approximate surface area is 97.3 Å². The number of carbonyl (C=O) groups excluding carboxylic acids is 1. The Kier molecular flexibility index (Phi) is 3.69. The Hall–Kier alpha value is -0.770. The smallest absolute Gasteiger partial charge is 0.317 e. The van der Waals surface area contributed by atoms with Gasteiger partial charge in [-0.1, -0.05) is 6.92 Å². The maximum absolute atomic E-state index is 12.0. The van der Waals surface area contributed by atoms with Crippen molar-refractivity contribution < 1.29 is 9.53 Å². The summed E-state index contributed by atoms with van der Waals surface area (Å²) in [5.41, 5.74) is 0. The van der Waals surface area contributed by atoms with E-state index in [1.165, 1.54) is 0 Å². The lowest BCUT2D eigenvalue weighted by molar-refractivity contribution is 0.134. The first kappa shape index (κ1) is 11.7. The average Bonchev–Trinajstić information content (AvgIpc) is 2.70. The second-order valence-corrected chi connectivity index (χ2v) is 5.18. The first-order chi connectivity index (χ1) is 7.66. The monoisotopic (exact) mass is 226 g/mol. The number of ether oxygens (including phenoxy) is 1. The summed E-state index contributed by atoms with van der Waals surface area (Å²) in [5.74, 6) is 0.744. The molecule has 0 saturated carbocycles. The number of piperidine rings is 1. The van der Waals surface area contributed by atoms with E-state index in [0.717, 1.165) is 38.3 Å². The van der Waals surface area contributed by atoms with Crippen LogP contribution in [0, 0.1) is 5.92 Å². The number of nitrogens with one attached hydrogen (secondary N) is 1. The minimum Gasteiger partial charge on any atom is -0.379 e. The molecule has 0 aromatic heterocycles. The van der Waals surface area contributed by atoms with Gasteiger partial charge < -0.3 is 15.0 Å². The summed E-state index contributed by atoms with van der Waals surface area (Å²) in [7, 11) is 0. The van der Waals surface area contributed by atoms with E-state index >= 15 is 0 Å². The van der Waals surface area contributed by atoms with Gasteiger partial charge >= 0.3 is 6.03 Å². The Bertz CT molecular complexity index is 251. The number of nitrogens with zero attached hydrogens (tertiary/aromatic N) is 1. The number of hydrogen-bond donors (Lipinski definition) is 1. The van der Waals surface area contributed by atoms with Crippen LogP contribution in [-0.4, -0.2) is 42.8 Å². The summed E-state index contributed by atoms with van der Waals surface area (Å²) in [4.78, 5) is 14.0. The van der Waals surface area contributed by atoms with Gasteiger partial charge in [-0.2, -0.15) is 0 Å². The molecule has 4 heteroatoms. The summed E-state index contributed by atoms with van der Waals surface area (Å²) in [5, 5.41) is 3.06. The molecule has 16 heavy (non-hydrogen) atoms. The molecule has 92 valence electrons. The fourth-order valence-electron chi connectivity index (χ4n) is 2.61. The third-order valence-corrected chi connectivity index (χ3v) is 3.66. The van der Waals surface area contributed by atoms with Crippen LogP contribution in [0.1, 0.15) is 33.1 Å². The molecule has 0 aromatic rings. The van der Waals surface area contributed by atoms with Gasteiger partial charge in [-0.05, 0) is 32.1 Å². The number of carbonyl (C=O) groups is 1. The molecule has 3 atom stereocenters. The molecule has 0 radical (unpaired) electrons. The van der Waals surface area contributed by atoms with Crippen LogP contribution < -0.4 is 5.32 Å². The van der Waals surface area contributed by atoms with E-state index in [0.29, 0.717) is 12.6 Å². The van der Waals surface area contributed by atoms with E-state index in [-0.39, 0.29) is 12.1 Å². The van der Waals surface area contributed by atoms with Gasteiger partial charge in [0.2, 0.25) is 0 Å². The Balaban J connectivity index is 1.83. The van der Waals surface area contributed by atoms with Crippen LogP contribution in [0.5, 0.6) is 0 Å². The van der Waals surface area contributed by atoms with Crippen molar-refractivity contribution >= 4 is 6.03 Å². The lowest BCUT2D eigenvalue weighted by Gasteiger charge is -2.37. The van der Waals surface area contributed by atoms with E-state index < -0.39 is 0 Å². The highest BCUT2D eigenvalue weighted by molar-refractivity contribution is 5.75. The summed E-state index contributed by atoms with van der Waals surface area (Å²) in [6.07, 6.45) is 3.19. The van der Waals surface area contributed by atoms with Crippen LogP contribution in [0.25, 0.3) is 0 Å². The molecule has 2 amide bonds. The van der Waals surface area contributed by atoms with E-state index in [1.54, 1.807) is 0 Å². The van der Waals surface area contributed by atoms with Crippen LogP contribution in [0.2, 0.25) is 0 Å². The molecule has 1 N–H and O–H groups in total. The normalized spacial score (nSPS) is 35.1. The summed E-state index contributed by atoms with van der Waals surface area (Å²) < 4.78 is 5.26. The van der Waals surface area contributed by atoms with Crippen LogP contribution in [0.4, 0.5) is 4.79 Å². The molecule has 0 spiro atoms. The Morgan fingerprint density at radius 2 is 2.19 bits per heavy atom. The fourth-order valence-corrected chi connectivity index (χ4v) is 2.61. The third kappa shape index (κ3) is 2.67. The Morgan fingerprint density at radius 3 is 2.81 bits per heavy atom. The molecule has 2 aliphatic rings. The van der Waals surface area contributed by atoms with Crippen molar-refractivity contribution in [1.82, 2.24) is 10.2 Å². The van der Waals surface area contributed by atoms with Crippen molar-refractivity contribution in [1.29, 1.82) is 0 Å². The Morgan fingerprint density at radius 1 is 1.38 bits per heavy atom. The van der Waals surface area contributed by atoms with Gasteiger partial charge in [-0.15, -0.1) is 0 Å². The number of amides is 2. The predicted octanol–water partition coefficient (Wildman–Crippen LogP) is 1.61. The molecular weight excluding hydrogens is 204 g/mol. The first-order valence-electron chi connectivity index (χ1n) is 6.31. The highest BCUT2D eigenvalue weighted by Gasteiger charge is 2.28. The van der Waals surface area contributed by atoms with Crippen molar-refractivity contribution in [2.24, 2.45) is 5.92 Å². The maximum atomic E-state index is 12.0. The molecule has 0 aliphatic carbocycles. The van der Waals surface area contributed by atoms with Gasteiger partial charge in [0.15, 0.2) is 0 Å². The summed E-state index contributed by atoms with van der Waals surface area (Å²) in [6, 6.07) is 0.681. The predicted molar refractivity (Wildman–Crippen MR) is 62.3 cm³/mol. The lowest BCUT2D eigenvalue weighted by Crippen LogP contribution is -2.51. The second-order valence-electron chi connectivity index (χ2n) is 5.18. The molecule has 3 unspecified atom stereocenters. The fraction of sp³-hybridized carbons (Fsp3) is 0.917. The molecule has 2 aliphatic heterocycles. The van der Waals surface area contributed by atoms with E-state index in [1.807, 2.05) is 4.90 Å². The number of likely N-dealkylation sites (tertiary alicyclic amines) is 1. The topological polar surface area (TPSA) is 41.6 Å². The van der Waals surface area contributed by atoms with Crippen molar-refractivity contribution in [3.8, 4) is 0 Å². The second kappa shape index (κ2) is 5.04. The molecule has 4 nitrogen and oxygen atoms in total. The van der Waals surface area contributed by atoms with Crippen molar-refractivity contribution in [3.63, 3.8) is 0 Å². The molecular formula is C12H22N2O2. The van der Waals surface area contributed by atoms with Gasteiger partial charge in [-0.25, -0.2) is 4.79 Å². The van der Waals surface area contributed by atoms with Crippen LogP contribution in [0.15, 0.2) is 0 Å². The number of urea groups is 1. The van der Waals surface area contributed by atoms with E-state index in [9.17, 15) is 4.79 Å². The average molecular weight is 226 g/mol. The molecule has 2 rings (SSSR count). The zero-order valence-corrected chi connectivity index (χ0v) is 10.2. The highest BCUT2D eigenvalue weighted by atomic mass is 16.5. The minimum atomic E-state index is 0.0925. The third-order valence-electron chi connectivity index (χ3n) is 3.66. The standard InChI is InChI=1S/C12H22N2O2/c1-9-3-5-14(10(2)7-9)12(15)13-11-4-6-16-8-11/h9-11H,3-8H2,1-2H3,(H,13,15). The van der Waals surface area contributed by atoms with Gasteiger partial charge in [0.1, 0.15) is 0 Å². The van der Waals surface area contributed by atoms with Crippen molar-refractivity contribution in [3.05, 3.63) is 0 Å². The van der Waals surface area contributed by atoms with Crippen LogP contribution >= 0.6 is 0 Å². The van der Waals surface area contributed by atoms with Crippen molar-refractivity contribution in [2.45, 2.75) is 45.2 Å². The van der Waals surface area contributed by atoms with Gasteiger partial charge in [0.25, 0.3) is 0 Å². The highest BCUT2D eigenvalue weighted by Crippen LogP contribution is 2.22. The van der Waals surface area contributed by atoms with Gasteiger partial charge in [0.05, 0.1) is 12.6 Å². The molecule has 2 fully saturated rings. The van der Waals surface area contributed by atoms with Crippen molar-refractivity contribution in [2.75, 3.05) is 19.8 Å². The molecule has 2 heterocycles. The molecule has 0 bridgehead atoms. The van der Waals surface area contributed by atoms with E-state index in [4.69, 9.17) is 4.74 Å². The van der Waals surface area contributed by atoms with Gasteiger partial charge in [-0.3, -0.25) is 0 Å². The molecule has 2 saturated heterocycles. The van der Waals surface area contributed by atoms with E-state index in [2.05, 4.69) is 19.2 Å². The quantitative estimate of drug-likeness (QED) is 0.738. The summed E-state index contributed by atoms with van der Waals surface area (Å²) in [6.45, 7) is 6.74. The number of hydrogen-bond acceptors (Lipinski definition) is 2. The zero-order chi connectivity index (χ0) is 11.5. The maximum Gasteiger partial charge on any atom is 0.317 e. The number of rotatable bonds is 1. The lowest BCUT2D eigenvalue weighted by atomic mass is 9.94. The minimum absolute atomic E-state index is 0.0925. The van der Waals surface area contributed by atoms with Crippen LogP contribution in [-0.2, 0) is 4.74 Å². The van der Waals surface area contributed by atoms with Crippen LogP contribution in [0.3, 0.4) is 0 Å². The SMILES string of the molecule is CC1CCN(C(=O)NC2CCOC2)C(C)C1. The largest absolute Gasteiger partial charge is 0.379 e. The molecule has 0 aromatic carbocycles. The van der Waals surface area contributed by atoms with Gasteiger partial charge in [0, 0.05) is 19.2 Å². The summed E-state index contributed by atoms with van der Waals surface area (Å²) >= 11 is 0. The first-order valence-corrected chi connectivity index (χ1v) is 6.31.